The lowest BCUT2D eigenvalue weighted by Gasteiger charge is -2.04. The summed E-state index contributed by atoms with van der Waals surface area (Å²) in [5.74, 6) is 0. The summed E-state index contributed by atoms with van der Waals surface area (Å²) in [6.07, 6.45) is 6.73. The number of hydrogen-bond acceptors (Lipinski definition) is 2. The molecule has 0 aromatic heterocycles. The van der Waals surface area contributed by atoms with E-state index in [1.54, 1.807) is 11.9 Å². The molecular formula is C16H29NS. The number of rotatable bonds is 8. The third kappa shape index (κ3) is 9.55. The first kappa shape index (κ1) is 17.5. The summed E-state index contributed by atoms with van der Waals surface area (Å²) in [6.45, 7) is 9.49. The molecule has 0 saturated carbocycles. The maximum absolute atomic E-state index is 3.41. The van der Waals surface area contributed by atoms with Gasteiger partial charge in [0.15, 0.2) is 0 Å². The van der Waals surface area contributed by atoms with Crippen LogP contribution in [-0.4, -0.2) is 6.54 Å². The van der Waals surface area contributed by atoms with Crippen LogP contribution in [0.5, 0.6) is 0 Å². The molecule has 1 aromatic carbocycles. The average Bonchev–Trinajstić information content (AvgIpc) is 2.42. The zero-order valence-corrected chi connectivity index (χ0v) is 13.3. The van der Waals surface area contributed by atoms with Gasteiger partial charge in [-0.15, -0.1) is 0 Å². The first-order chi connectivity index (χ1) is 8.83. The van der Waals surface area contributed by atoms with Gasteiger partial charge in [0, 0.05) is 11.4 Å². The molecule has 0 heterocycles. The van der Waals surface area contributed by atoms with Gasteiger partial charge in [0.25, 0.3) is 0 Å². The van der Waals surface area contributed by atoms with Crippen LogP contribution < -0.4 is 4.72 Å². The van der Waals surface area contributed by atoms with Crippen molar-refractivity contribution in [3.63, 3.8) is 0 Å². The molecule has 0 unspecified atom stereocenters. The van der Waals surface area contributed by atoms with Gasteiger partial charge in [0.05, 0.1) is 0 Å². The molecule has 0 spiro atoms. The normalized spacial score (nSPS) is 9.78. The van der Waals surface area contributed by atoms with E-state index in [9.17, 15) is 0 Å². The number of nitrogens with one attached hydrogen (secondary N) is 1. The van der Waals surface area contributed by atoms with Crippen LogP contribution in [0.15, 0.2) is 29.2 Å². The van der Waals surface area contributed by atoms with E-state index in [4.69, 9.17) is 0 Å². The highest BCUT2D eigenvalue weighted by Crippen LogP contribution is 2.14. The van der Waals surface area contributed by atoms with Crippen molar-refractivity contribution in [3.05, 3.63) is 29.8 Å². The largest absolute Gasteiger partial charge is 0.260 e. The molecular weight excluding hydrogens is 238 g/mol. The molecule has 1 N–H and O–H groups in total. The van der Waals surface area contributed by atoms with Crippen molar-refractivity contribution < 1.29 is 0 Å². The van der Waals surface area contributed by atoms with Crippen molar-refractivity contribution in [2.45, 2.75) is 64.7 Å². The van der Waals surface area contributed by atoms with Crippen LogP contribution in [0.2, 0.25) is 0 Å². The Kier molecular flexibility index (Phi) is 12.6. The Morgan fingerprint density at radius 3 is 2.17 bits per heavy atom. The number of unbranched alkanes of at least 4 members (excludes halogenated alkanes) is 4. The predicted molar refractivity (Wildman–Crippen MR) is 85.1 cm³/mol. The number of hydrogen-bond donors (Lipinski definition) is 1. The Balaban J connectivity index is 0.00000137. The summed E-state index contributed by atoms with van der Waals surface area (Å²) in [4.78, 5) is 1.30. The molecule has 0 aliphatic rings. The van der Waals surface area contributed by atoms with Gasteiger partial charge in [-0.25, -0.2) is 0 Å². The second kappa shape index (κ2) is 13.0. The van der Waals surface area contributed by atoms with Gasteiger partial charge in [-0.2, -0.15) is 0 Å². The van der Waals surface area contributed by atoms with Crippen LogP contribution in [0.3, 0.4) is 0 Å². The summed E-state index contributed by atoms with van der Waals surface area (Å²) in [6, 6.07) is 8.66. The fourth-order valence-corrected chi connectivity index (χ4v) is 2.23. The van der Waals surface area contributed by atoms with Gasteiger partial charge in [0.1, 0.15) is 0 Å². The van der Waals surface area contributed by atoms with Crippen LogP contribution in [0.4, 0.5) is 0 Å². The van der Waals surface area contributed by atoms with Crippen molar-refractivity contribution in [1.82, 2.24) is 4.72 Å². The molecule has 104 valence electrons. The third-order valence-electron chi connectivity index (χ3n) is 2.59. The highest BCUT2D eigenvalue weighted by Gasteiger charge is 1.93. The van der Waals surface area contributed by atoms with Gasteiger partial charge in [-0.1, -0.05) is 64.2 Å². The van der Waals surface area contributed by atoms with E-state index in [0.717, 1.165) is 6.54 Å². The SMILES string of the molecule is CC.CCCCCCCNSc1ccc(C)cc1. The summed E-state index contributed by atoms with van der Waals surface area (Å²) < 4.78 is 3.41. The zero-order valence-electron chi connectivity index (χ0n) is 12.5. The lowest BCUT2D eigenvalue weighted by Crippen LogP contribution is -2.04. The van der Waals surface area contributed by atoms with E-state index in [1.807, 2.05) is 13.8 Å². The number of aryl methyl sites for hydroxylation is 1. The highest BCUT2D eigenvalue weighted by molar-refractivity contribution is 7.97. The van der Waals surface area contributed by atoms with E-state index in [1.165, 1.54) is 42.6 Å². The van der Waals surface area contributed by atoms with Gasteiger partial charge in [-0.3, -0.25) is 4.72 Å². The molecule has 0 saturated heterocycles. The molecule has 0 fully saturated rings. The van der Waals surface area contributed by atoms with Gasteiger partial charge < -0.3 is 0 Å². The van der Waals surface area contributed by atoms with Crippen LogP contribution in [-0.2, 0) is 0 Å². The molecule has 2 heteroatoms. The van der Waals surface area contributed by atoms with Crippen molar-refractivity contribution in [2.75, 3.05) is 6.54 Å². The molecule has 0 atom stereocenters. The topological polar surface area (TPSA) is 12.0 Å². The standard InChI is InChI=1S/C14H23NS.C2H6/c1-3-4-5-6-7-12-15-16-14-10-8-13(2)9-11-14;1-2/h8-11,15H,3-7,12H2,1-2H3;1-2H3. The van der Waals surface area contributed by atoms with Gasteiger partial charge >= 0.3 is 0 Å². The summed E-state index contributed by atoms with van der Waals surface area (Å²) >= 11 is 1.74. The molecule has 0 aliphatic heterocycles. The van der Waals surface area contributed by atoms with Crippen molar-refractivity contribution in [1.29, 1.82) is 0 Å². The first-order valence-corrected chi connectivity index (χ1v) is 8.11. The second-order valence-corrected chi connectivity index (χ2v) is 5.19. The molecule has 1 aromatic rings. The second-order valence-electron chi connectivity index (χ2n) is 4.22. The van der Waals surface area contributed by atoms with Gasteiger partial charge in [0.2, 0.25) is 0 Å². The minimum absolute atomic E-state index is 1.11. The third-order valence-corrected chi connectivity index (χ3v) is 3.45. The summed E-state index contributed by atoms with van der Waals surface area (Å²) in [5.41, 5.74) is 1.32. The molecule has 0 aliphatic carbocycles. The predicted octanol–water partition coefficient (Wildman–Crippen LogP) is 5.59. The van der Waals surface area contributed by atoms with E-state index < -0.39 is 0 Å². The Bertz CT molecular complexity index is 269. The van der Waals surface area contributed by atoms with E-state index in [0.29, 0.717) is 0 Å². The van der Waals surface area contributed by atoms with Crippen LogP contribution >= 0.6 is 11.9 Å². The van der Waals surface area contributed by atoms with Crippen LogP contribution in [0.1, 0.15) is 58.4 Å². The Labute approximate surface area is 118 Å². The Morgan fingerprint density at radius 2 is 1.56 bits per heavy atom. The monoisotopic (exact) mass is 267 g/mol. The van der Waals surface area contributed by atoms with E-state index in [2.05, 4.69) is 42.8 Å². The van der Waals surface area contributed by atoms with Gasteiger partial charge in [-0.05, 0) is 37.4 Å². The molecule has 18 heavy (non-hydrogen) atoms. The number of benzene rings is 1. The molecule has 0 radical (unpaired) electrons. The van der Waals surface area contributed by atoms with Crippen molar-refractivity contribution >= 4 is 11.9 Å². The van der Waals surface area contributed by atoms with E-state index >= 15 is 0 Å². The summed E-state index contributed by atoms with van der Waals surface area (Å²) in [5, 5.41) is 0. The summed E-state index contributed by atoms with van der Waals surface area (Å²) in [7, 11) is 0. The lowest BCUT2D eigenvalue weighted by atomic mass is 10.2. The quantitative estimate of drug-likeness (QED) is 0.487. The van der Waals surface area contributed by atoms with Crippen molar-refractivity contribution in [2.24, 2.45) is 0 Å². The minimum Gasteiger partial charge on any atom is -0.260 e. The zero-order chi connectivity index (χ0) is 13.6. The lowest BCUT2D eigenvalue weighted by molar-refractivity contribution is 0.630. The van der Waals surface area contributed by atoms with Crippen molar-refractivity contribution in [3.8, 4) is 0 Å². The van der Waals surface area contributed by atoms with Crippen LogP contribution in [0, 0.1) is 6.92 Å². The smallest absolute Gasteiger partial charge is 0.0228 e. The highest BCUT2D eigenvalue weighted by atomic mass is 32.2. The molecule has 1 rings (SSSR count). The Morgan fingerprint density at radius 1 is 0.944 bits per heavy atom. The molecule has 1 nitrogen and oxygen atoms in total. The van der Waals surface area contributed by atoms with Crippen LogP contribution in [0.25, 0.3) is 0 Å². The average molecular weight is 267 g/mol. The van der Waals surface area contributed by atoms with E-state index in [-0.39, 0.29) is 0 Å². The molecule has 0 bridgehead atoms. The maximum atomic E-state index is 3.41. The first-order valence-electron chi connectivity index (χ1n) is 7.29. The molecule has 0 amide bonds. The fourth-order valence-electron chi connectivity index (χ4n) is 1.54. The fraction of sp³-hybridized carbons (Fsp3) is 0.625. The minimum atomic E-state index is 1.11. The maximum Gasteiger partial charge on any atom is 0.0228 e. The Hall–Kier alpha value is -0.470.